The van der Waals surface area contributed by atoms with Gasteiger partial charge < -0.3 is 4.74 Å². The zero-order valence-electron chi connectivity index (χ0n) is 13.6. The number of nitrogens with one attached hydrogen (secondary N) is 1. The van der Waals surface area contributed by atoms with E-state index in [0.29, 0.717) is 12.1 Å². The van der Waals surface area contributed by atoms with Crippen LogP contribution in [0, 0.1) is 0 Å². The molecule has 0 spiro atoms. The molecule has 0 aromatic rings. The smallest absolute Gasteiger partial charge is 0.326 e. The van der Waals surface area contributed by atoms with E-state index in [4.69, 9.17) is 4.74 Å². The number of carbonyl (C=O) groups is 1. The van der Waals surface area contributed by atoms with Gasteiger partial charge in [0, 0.05) is 18.1 Å². The van der Waals surface area contributed by atoms with Crippen molar-refractivity contribution in [1.29, 1.82) is 0 Å². The molecule has 1 N–H and O–H groups in total. The summed E-state index contributed by atoms with van der Waals surface area (Å²) in [4.78, 5) is 15.0. The van der Waals surface area contributed by atoms with E-state index in [2.05, 4.69) is 17.1 Å². The summed E-state index contributed by atoms with van der Waals surface area (Å²) in [6.07, 6.45) is 10.8. The third-order valence-corrected chi connectivity index (χ3v) is 5.75. The van der Waals surface area contributed by atoms with Gasteiger partial charge >= 0.3 is 5.97 Å². The van der Waals surface area contributed by atoms with Crippen molar-refractivity contribution < 1.29 is 9.53 Å². The number of hydrogen-bond donors (Lipinski definition) is 1. The monoisotopic (exact) mass is 294 g/mol. The van der Waals surface area contributed by atoms with Gasteiger partial charge in [-0.05, 0) is 51.5 Å². The molecule has 0 amide bonds. The SMILES string of the molecule is CCN(C1CCCC1)C1CCC(NC2CC2)(C(=O)OC)C1. The fraction of sp³-hybridized carbons (Fsp3) is 0.941. The summed E-state index contributed by atoms with van der Waals surface area (Å²) in [6.45, 7) is 3.38. The molecule has 4 heteroatoms. The van der Waals surface area contributed by atoms with Crippen LogP contribution >= 0.6 is 0 Å². The van der Waals surface area contributed by atoms with Gasteiger partial charge in [-0.3, -0.25) is 15.0 Å². The van der Waals surface area contributed by atoms with Crippen molar-refractivity contribution in [2.75, 3.05) is 13.7 Å². The highest BCUT2D eigenvalue weighted by atomic mass is 16.5. The van der Waals surface area contributed by atoms with Gasteiger partial charge in [-0.2, -0.15) is 0 Å². The van der Waals surface area contributed by atoms with Crippen LogP contribution in [0.2, 0.25) is 0 Å². The van der Waals surface area contributed by atoms with Crippen molar-refractivity contribution in [2.24, 2.45) is 0 Å². The van der Waals surface area contributed by atoms with E-state index in [1.54, 1.807) is 0 Å². The van der Waals surface area contributed by atoms with Gasteiger partial charge in [0.25, 0.3) is 0 Å². The third-order valence-electron chi connectivity index (χ3n) is 5.75. The highest BCUT2D eigenvalue weighted by molar-refractivity contribution is 5.81. The van der Waals surface area contributed by atoms with Crippen LogP contribution in [0.25, 0.3) is 0 Å². The molecule has 0 heterocycles. The molecule has 21 heavy (non-hydrogen) atoms. The molecule has 2 unspecified atom stereocenters. The Kier molecular flexibility index (Phi) is 4.55. The number of rotatable bonds is 6. The van der Waals surface area contributed by atoms with Crippen LogP contribution < -0.4 is 5.32 Å². The van der Waals surface area contributed by atoms with Gasteiger partial charge in [0.15, 0.2) is 0 Å². The molecule has 0 bridgehead atoms. The Bertz CT molecular complexity index is 377. The van der Waals surface area contributed by atoms with Gasteiger partial charge in [0.05, 0.1) is 7.11 Å². The van der Waals surface area contributed by atoms with Gasteiger partial charge in [-0.15, -0.1) is 0 Å². The van der Waals surface area contributed by atoms with Crippen molar-refractivity contribution in [3.63, 3.8) is 0 Å². The molecule has 120 valence electrons. The van der Waals surface area contributed by atoms with Crippen LogP contribution in [0.4, 0.5) is 0 Å². The molecule has 3 rings (SSSR count). The second kappa shape index (κ2) is 6.25. The van der Waals surface area contributed by atoms with Crippen molar-refractivity contribution in [3.05, 3.63) is 0 Å². The first-order chi connectivity index (χ1) is 10.2. The highest BCUT2D eigenvalue weighted by Gasteiger charge is 2.50. The quantitative estimate of drug-likeness (QED) is 0.764. The summed E-state index contributed by atoms with van der Waals surface area (Å²) in [5.41, 5.74) is -0.410. The number of hydrogen-bond acceptors (Lipinski definition) is 4. The Labute approximate surface area is 128 Å². The molecule has 3 aliphatic rings. The van der Waals surface area contributed by atoms with Crippen LogP contribution in [0.5, 0.6) is 0 Å². The second-order valence-corrected chi connectivity index (χ2v) is 7.16. The molecule has 4 nitrogen and oxygen atoms in total. The Balaban J connectivity index is 1.69. The lowest BCUT2D eigenvalue weighted by Crippen LogP contribution is -2.53. The highest BCUT2D eigenvalue weighted by Crippen LogP contribution is 2.39. The third kappa shape index (κ3) is 3.11. The van der Waals surface area contributed by atoms with E-state index in [9.17, 15) is 4.79 Å². The topological polar surface area (TPSA) is 41.6 Å². The molecule has 0 radical (unpaired) electrons. The molecular formula is C17H30N2O2. The van der Waals surface area contributed by atoms with E-state index < -0.39 is 5.54 Å². The molecule has 0 aromatic heterocycles. The number of methoxy groups -OCH3 is 1. The molecule has 3 aliphatic carbocycles. The summed E-state index contributed by atoms with van der Waals surface area (Å²) in [5.74, 6) is -0.0422. The Morgan fingerprint density at radius 1 is 1.19 bits per heavy atom. The lowest BCUT2D eigenvalue weighted by Gasteiger charge is -2.35. The van der Waals surface area contributed by atoms with Gasteiger partial charge in [-0.25, -0.2) is 0 Å². The first-order valence-corrected chi connectivity index (χ1v) is 8.80. The normalized spacial score (nSPS) is 33.8. The summed E-state index contributed by atoms with van der Waals surface area (Å²) in [6, 6.07) is 1.84. The molecule has 0 aliphatic heterocycles. The van der Waals surface area contributed by atoms with Crippen LogP contribution in [-0.2, 0) is 9.53 Å². The molecule has 3 saturated carbocycles. The van der Waals surface area contributed by atoms with Crippen molar-refractivity contribution >= 4 is 5.97 Å². The number of esters is 1. The zero-order chi connectivity index (χ0) is 14.9. The average molecular weight is 294 g/mol. The predicted molar refractivity (Wildman–Crippen MR) is 83.2 cm³/mol. The first-order valence-electron chi connectivity index (χ1n) is 8.80. The van der Waals surface area contributed by atoms with E-state index in [-0.39, 0.29) is 5.97 Å². The van der Waals surface area contributed by atoms with Gasteiger partial charge in [-0.1, -0.05) is 19.8 Å². The summed E-state index contributed by atoms with van der Waals surface area (Å²) >= 11 is 0. The maximum atomic E-state index is 12.4. The van der Waals surface area contributed by atoms with Gasteiger partial charge in [0.2, 0.25) is 0 Å². The van der Waals surface area contributed by atoms with E-state index in [0.717, 1.165) is 31.8 Å². The van der Waals surface area contributed by atoms with Crippen molar-refractivity contribution in [3.8, 4) is 0 Å². The fourth-order valence-electron chi connectivity index (χ4n) is 4.54. The van der Waals surface area contributed by atoms with E-state index in [1.165, 1.54) is 45.6 Å². The zero-order valence-corrected chi connectivity index (χ0v) is 13.6. The summed E-state index contributed by atoms with van der Waals surface area (Å²) in [7, 11) is 1.53. The van der Waals surface area contributed by atoms with Crippen LogP contribution in [0.15, 0.2) is 0 Å². The van der Waals surface area contributed by atoms with Crippen LogP contribution in [0.1, 0.15) is 64.7 Å². The largest absolute Gasteiger partial charge is 0.468 e. The van der Waals surface area contributed by atoms with E-state index in [1.807, 2.05) is 0 Å². The molecule has 0 saturated heterocycles. The number of nitrogens with zero attached hydrogens (tertiary/aromatic N) is 1. The van der Waals surface area contributed by atoms with Crippen LogP contribution in [-0.4, -0.2) is 48.2 Å². The maximum Gasteiger partial charge on any atom is 0.326 e. The average Bonchev–Trinajstić information content (AvgIpc) is 2.98. The van der Waals surface area contributed by atoms with E-state index >= 15 is 0 Å². The van der Waals surface area contributed by atoms with Crippen LogP contribution in [0.3, 0.4) is 0 Å². The maximum absolute atomic E-state index is 12.4. The first kappa shape index (κ1) is 15.3. The number of ether oxygens (including phenoxy) is 1. The predicted octanol–water partition coefficient (Wildman–Crippen LogP) is 2.47. The summed E-state index contributed by atoms with van der Waals surface area (Å²) in [5, 5.41) is 3.62. The Hall–Kier alpha value is -0.610. The molecule has 2 atom stereocenters. The van der Waals surface area contributed by atoms with Crippen molar-refractivity contribution in [2.45, 2.75) is 88.4 Å². The lowest BCUT2D eigenvalue weighted by atomic mass is 9.96. The fourth-order valence-corrected chi connectivity index (χ4v) is 4.54. The lowest BCUT2D eigenvalue weighted by molar-refractivity contribution is -0.148. The molecule has 3 fully saturated rings. The minimum atomic E-state index is -0.410. The molecule has 0 aromatic carbocycles. The number of carbonyl (C=O) groups excluding carboxylic acids is 1. The second-order valence-electron chi connectivity index (χ2n) is 7.16. The summed E-state index contributed by atoms with van der Waals surface area (Å²) < 4.78 is 5.13. The minimum Gasteiger partial charge on any atom is -0.468 e. The van der Waals surface area contributed by atoms with Gasteiger partial charge in [0.1, 0.15) is 5.54 Å². The van der Waals surface area contributed by atoms with Crippen molar-refractivity contribution in [1.82, 2.24) is 10.2 Å². The Morgan fingerprint density at radius 3 is 2.48 bits per heavy atom. The Morgan fingerprint density at radius 2 is 1.90 bits per heavy atom. The standard InChI is InChI=1S/C17H30N2O2/c1-3-19(14-6-4-5-7-14)15-10-11-17(12-15,16(20)21-2)18-13-8-9-13/h13-15,18H,3-12H2,1-2H3. The minimum absolute atomic E-state index is 0.0422. The molecular weight excluding hydrogens is 264 g/mol.